The lowest BCUT2D eigenvalue weighted by molar-refractivity contribution is -0.140. The second-order valence-corrected chi connectivity index (χ2v) is 6.37. The molecular formula is C16H10Cl2FNO3. The molecule has 2 aliphatic heterocycles. The fraction of sp³-hybridized carbons (Fsp3) is 0.188. The summed E-state index contributed by atoms with van der Waals surface area (Å²) in [4.78, 5) is 11.6. The summed E-state index contributed by atoms with van der Waals surface area (Å²) < 4.78 is 19.7. The molecule has 2 heterocycles. The number of hydrogen-bond acceptors (Lipinski definition) is 3. The minimum Gasteiger partial charge on any atom is -0.483 e. The summed E-state index contributed by atoms with van der Waals surface area (Å²) in [6.07, 6.45) is -0.787. The Kier molecular flexibility index (Phi) is 3.18. The standard InChI is InChI=1S/C16H10Cl2FNO3/c17-6-4-8(18)12-10(5-6)20-13(16(21)22)15-11(12)7-2-1-3-9(19)14(7)23-15/h1-5,11,13,15,20H,(H,21,22). The van der Waals surface area contributed by atoms with Crippen LogP contribution in [0, 0.1) is 5.82 Å². The SMILES string of the molecule is O=C(O)C1Nc2cc(Cl)cc(Cl)c2C2c3cccc(F)c3OC12. The van der Waals surface area contributed by atoms with Crippen LogP contribution in [-0.2, 0) is 4.79 Å². The number of anilines is 1. The number of fused-ring (bicyclic) bond motifs is 5. The molecule has 3 unspecified atom stereocenters. The molecule has 0 fully saturated rings. The first-order valence-corrected chi connectivity index (χ1v) is 7.66. The quantitative estimate of drug-likeness (QED) is 0.816. The van der Waals surface area contributed by atoms with Gasteiger partial charge in [-0.1, -0.05) is 35.3 Å². The maximum Gasteiger partial charge on any atom is 0.330 e. The van der Waals surface area contributed by atoms with Gasteiger partial charge in [0.1, 0.15) is 6.10 Å². The number of para-hydroxylation sites is 1. The van der Waals surface area contributed by atoms with E-state index in [0.29, 0.717) is 26.9 Å². The van der Waals surface area contributed by atoms with Gasteiger partial charge >= 0.3 is 5.97 Å². The van der Waals surface area contributed by atoms with E-state index in [1.54, 1.807) is 24.3 Å². The molecule has 0 amide bonds. The summed E-state index contributed by atoms with van der Waals surface area (Å²) >= 11 is 12.3. The van der Waals surface area contributed by atoms with Gasteiger partial charge in [0.25, 0.3) is 0 Å². The van der Waals surface area contributed by atoms with E-state index in [-0.39, 0.29) is 5.75 Å². The van der Waals surface area contributed by atoms with Crippen molar-refractivity contribution >= 4 is 34.9 Å². The van der Waals surface area contributed by atoms with Gasteiger partial charge < -0.3 is 15.2 Å². The third-order valence-electron chi connectivity index (χ3n) is 4.23. The second-order valence-electron chi connectivity index (χ2n) is 5.53. The van der Waals surface area contributed by atoms with Gasteiger partial charge in [0, 0.05) is 26.9 Å². The highest BCUT2D eigenvalue weighted by atomic mass is 35.5. The number of carbonyl (C=O) groups is 1. The molecule has 4 nitrogen and oxygen atoms in total. The topological polar surface area (TPSA) is 58.6 Å². The van der Waals surface area contributed by atoms with Gasteiger partial charge in [0.2, 0.25) is 0 Å². The Morgan fingerprint density at radius 3 is 2.83 bits per heavy atom. The predicted octanol–water partition coefficient (Wildman–Crippen LogP) is 3.90. The first kappa shape index (κ1) is 14.6. The van der Waals surface area contributed by atoms with E-state index in [0.717, 1.165) is 0 Å². The van der Waals surface area contributed by atoms with Crippen LogP contribution in [0.4, 0.5) is 10.1 Å². The third kappa shape index (κ3) is 2.07. The molecule has 0 radical (unpaired) electrons. The number of nitrogens with one attached hydrogen (secondary N) is 1. The molecule has 0 saturated carbocycles. The zero-order valence-corrected chi connectivity index (χ0v) is 13.0. The Balaban J connectivity index is 1.98. The van der Waals surface area contributed by atoms with Crippen LogP contribution in [0.15, 0.2) is 30.3 Å². The molecular weight excluding hydrogens is 344 g/mol. The van der Waals surface area contributed by atoms with Gasteiger partial charge in [-0.05, 0) is 18.2 Å². The van der Waals surface area contributed by atoms with Crippen LogP contribution in [0.1, 0.15) is 17.0 Å². The number of carboxylic acids is 1. The molecule has 7 heteroatoms. The van der Waals surface area contributed by atoms with Crippen LogP contribution in [0.5, 0.6) is 5.75 Å². The minimum absolute atomic E-state index is 0.0782. The van der Waals surface area contributed by atoms with Gasteiger partial charge in [-0.3, -0.25) is 0 Å². The predicted molar refractivity (Wildman–Crippen MR) is 84.2 cm³/mol. The van der Waals surface area contributed by atoms with Crippen molar-refractivity contribution in [1.29, 1.82) is 0 Å². The molecule has 3 atom stereocenters. The lowest BCUT2D eigenvalue weighted by atomic mass is 9.81. The average molecular weight is 354 g/mol. The number of aliphatic carboxylic acids is 1. The number of ether oxygens (including phenoxy) is 1. The van der Waals surface area contributed by atoms with Gasteiger partial charge in [0.15, 0.2) is 17.6 Å². The number of carboxylic acid groups (broad SMARTS) is 1. The fourth-order valence-corrected chi connectivity index (χ4v) is 3.94. The summed E-state index contributed by atoms with van der Waals surface area (Å²) in [5, 5.41) is 13.2. The summed E-state index contributed by atoms with van der Waals surface area (Å²) in [6, 6.07) is 6.74. The maximum atomic E-state index is 14.1. The Bertz CT molecular complexity index is 842. The first-order valence-electron chi connectivity index (χ1n) is 6.90. The van der Waals surface area contributed by atoms with Crippen molar-refractivity contribution in [2.45, 2.75) is 18.1 Å². The number of rotatable bonds is 1. The smallest absolute Gasteiger partial charge is 0.330 e. The van der Waals surface area contributed by atoms with Crippen molar-refractivity contribution in [3.63, 3.8) is 0 Å². The van der Waals surface area contributed by atoms with Crippen molar-refractivity contribution in [3.8, 4) is 5.75 Å². The summed E-state index contributed by atoms with van der Waals surface area (Å²) in [5.41, 5.74) is 1.79. The van der Waals surface area contributed by atoms with Crippen molar-refractivity contribution in [2.24, 2.45) is 0 Å². The monoisotopic (exact) mass is 353 g/mol. The van der Waals surface area contributed by atoms with Gasteiger partial charge in [0.05, 0.1) is 5.92 Å². The van der Waals surface area contributed by atoms with Crippen molar-refractivity contribution in [2.75, 3.05) is 5.32 Å². The first-order chi connectivity index (χ1) is 11.0. The summed E-state index contributed by atoms with van der Waals surface area (Å²) in [5.74, 6) is -2.00. The van der Waals surface area contributed by atoms with E-state index in [1.165, 1.54) is 6.07 Å². The summed E-state index contributed by atoms with van der Waals surface area (Å²) in [7, 11) is 0. The highest BCUT2D eigenvalue weighted by Crippen LogP contribution is 2.52. The fourth-order valence-electron chi connectivity index (χ4n) is 3.33. The normalized spacial score (nSPS) is 24.0. The van der Waals surface area contributed by atoms with E-state index < -0.39 is 29.9 Å². The molecule has 118 valence electrons. The second kappa shape index (κ2) is 5.01. The number of hydrogen-bond donors (Lipinski definition) is 2. The van der Waals surface area contributed by atoms with E-state index in [4.69, 9.17) is 27.9 Å². The lowest BCUT2D eigenvalue weighted by Crippen LogP contribution is -2.48. The van der Waals surface area contributed by atoms with E-state index in [9.17, 15) is 14.3 Å². The average Bonchev–Trinajstić information content (AvgIpc) is 2.86. The highest BCUT2D eigenvalue weighted by molar-refractivity contribution is 6.35. The molecule has 2 N–H and O–H groups in total. The molecule has 0 saturated heterocycles. The van der Waals surface area contributed by atoms with Crippen LogP contribution >= 0.6 is 23.2 Å². The van der Waals surface area contributed by atoms with Crippen LogP contribution in [0.25, 0.3) is 0 Å². The molecule has 23 heavy (non-hydrogen) atoms. The highest BCUT2D eigenvalue weighted by Gasteiger charge is 2.49. The Labute approximate surface area is 140 Å². The van der Waals surface area contributed by atoms with E-state index in [2.05, 4.69) is 5.32 Å². The Morgan fingerprint density at radius 2 is 2.09 bits per heavy atom. The Hall–Kier alpha value is -1.98. The van der Waals surface area contributed by atoms with Crippen molar-refractivity contribution < 1.29 is 19.0 Å². The van der Waals surface area contributed by atoms with Crippen LogP contribution in [0.2, 0.25) is 10.0 Å². The summed E-state index contributed by atoms with van der Waals surface area (Å²) in [6.45, 7) is 0. The third-order valence-corrected chi connectivity index (χ3v) is 4.76. The maximum absolute atomic E-state index is 14.1. The largest absolute Gasteiger partial charge is 0.483 e. The molecule has 2 aromatic carbocycles. The molecule has 0 aliphatic carbocycles. The van der Waals surface area contributed by atoms with Gasteiger partial charge in [-0.15, -0.1) is 0 Å². The molecule has 0 aromatic heterocycles. The molecule has 2 aliphatic rings. The van der Waals surface area contributed by atoms with Crippen LogP contribution < -0.4 is 10.1 Å². The van der Waals surface area contributed by atoms with Crippen LogP contribution in [-0.4, -0.2) is 23.2 Å². The molecule has 2 aromatic rings. The molecule has 0 bridgehead atoms. The zero-order chi connectivity index (χ0) is 16.3. The minimum atomic E-state index is -1.09. The number of halogens is 3. The van der Waals surface area contributed by atoms with Crippen molar-refractivity contribution in [1.82, 2.24) is 0 Å². The number of benzene rings is 2. The molecule has 4 rings (SSSR count). The van der Waals surface area contributed by atoms with E-state index in [1.807, 2.05) is 0 Å². The van der Waals surface area contributed by atoms with Crippen molar-refractivity contribution in [3.05, 3.63) is 57.3 Å². The van der Waals surface area contributed by atoms with Gasteiger partial charge in [-0.2, -0.15) is 0 Å². The van der Waals surface area contributed by atoms with Crippen LogP contribution in [0.3, 0.4) is 0 Å². The molecule has 0 spiro atoms. The zero-order valence-electron chi connectivity index (χ0n) is 11.5. The van der Waals surface area contributed by atoms with Gasteiger partial charge in [-0.25, -0.2) is 9.18 Å². The Morgan fingerprint density at radius 1 is 1.30 bits per heavy atom. The lowest BCUT2D eigenvalue weighted by Gasteiger charge is -2.34. The van der Waals surface area contributed by atoms with E-state index >= 15 is 0 Å².